The SMILES string of the molecule is OC1CCC2C(CCC3OC4CCC5CC(O)CCC5C4C(C4CCC(C5CCCCC5)CC4)C32)C1. The highest BCUT2D eigenvalue weighted by Gasteiger charge is 2.58. The molecule has 7 fully saturated rings. The molecule has 1 saturated heterocycles. The van der Waals surface area contributed by atoms with Gasteiger partial charge in [-0.15, -0.1) is 0 Å². The Balaban J connectivity index is 1.17. The third-order valence-electron chi connectivity index (χ3n) is 13.4. The Morgan fingerprint density at radius 3 is 1.42 bits per heavy atom. The fourth-order valence-electron chi connectivity index (χ4n) is 12.0. The van der Waals surface area contributed by atoms with Gasteiger partial charge in [-0.1, -0.05) is 32.1 Å². The molecule has 1 heterocycles. The molecule has 0 spiro atoms. The van der Waals surface area contributed by atoms with Crippen molar-refractivity contribution in [1.29, 1.82) is 0 Å². The van der Waals surface area contributed by atoms with Crippen LogP contribution in [-0.2, 0) is 4.74 Å². The van der Waals surface area contributed by atoms with E-state index >= 15 is 0 Å². The summed E-state index contributed by atoms with van der Waals surface area (Å²) >= 11 is 0. The van der Waals surface area contributed by atoms with Crippen LogP contribution in [0.3, 0.4) is 0 Å². The molecule has 6 saturated carbocycles. The van der Waals surface area contributed by atoms with Gasteiger partial charge >= 0.3 is 0 Å². The third-order valence-corrected chi connectivity index (χ3v) is 13.4. The van der Waals surface area contributed by atoms with E-state index in [4.69, 9.17) is 4.74 Å². The Morgan fingerprint density at radius 1 is 0.389 bits per heavy atom. The number of hydrogen-bond acceptors (Lipinski definition) is 3. The highest BCUT2D eigenvalue weighted by molar-refractivity contribution is 5.07. The number of ether oxygens (including phenoxy) is 1. The molecule has 0 aromatic rings. The van der Waals surface area contributed by atoms with Crippen LogP contribution in [0.5, 0.6) is 0 Å². The van der Waals surface area contributed by atoms with Crippen molar-refractivity contribution in [3.63, 3.8) is 0 Å². The second-order valence-electron chi connectivity index (χ2n) is 15.0. The van der Waals surface area contributed by atoms with Gasteiger partial charge in [-0.3, -0.25) is 0 Å². The number of rotatable bonds is 2. The molecule has 3 nitrogen and oxygen atoms in total. The first-order valence-corrected chi connectivity index (χ1v) is 16.7. The Kier molecular flexibility index (Phi) is 7.23. The summed E-state index contributed by atoms with van der Waals surface area (Å²) in [5.41, 5.74) is 0. The lowest BCUT2D eigenvalue weighted by Crippen LogP contribution is -2.60. The van der Waals surface area contributed by atoms with Crippen molar-refractivity contribution in [3.8, 4) is 0 Å². The lowest BCUT2D eigenvalue weighted by molar-refractivity contribution is -0.235. The molecule has 36 heavy (non-hydrogen) atoms. The van der Waals surface area contributed by atoms with E-state index < -0.39 is 0 Å². The molecular weight excluding hydrogens is 444 g/mol. The quantitative estimate of drug-likeness (QED) is 0.426. The zero-order chi connectivity index (χ0) is 24.2. The molecule has 7 aliphatic rings. The maximum absolute atomic E-state index is 10.5. The molecule has 204 valence electrons. The minimum absolute atomic E-state index is 0.0525. The normalized spacial score (nSPS) is 54.0. The van der Waals surface area contributed by atoms with Crippen molar-refractivity contribution < 1.29 is 14.9 Å². The predicted octanol–water partition coefficient (Wildman–Crippen LogP) is 7.13. The van der Waals surface area contributed by atoms with Crippen molar-refractivity contribution in [3.05, 3.63) is 0 Å². The topological polar surface area (TPSA) is 49.7 Å². The molecule has 10 atom stereocenters. The van der Waals surface area contributed by atoms with Crippen molar-refractivity contribution in [2.45, 2.75) is 146 Å². The monoisotopic (exact) mass is 498 g/mol. The summed E-state index contributed by atoms with van der Waals surface area (Å²) in [4.78, 5) is 0. The van der Waals surface area contributed by atoms with E-state index in [2.05, 4.69) is 0 Å². The molecule has 0 aromatic heterocycles. The van der Waals surface area contributed by atoms with Crippen LogP contribution in [0.25, 0.3) is 0 Å². The molecule has 6 aliphatic carbocycles. The third kappa shape index (κ3) is 4.53. The Bertz CT molecular complexity index is 697. The summed E-state index contributed by atoms with van der Waals surface area (Å²) in [6.45, 7) is 0. The average Bonchev–Trinajstić information content (AvgIpc) is 2.92. The molecule has 0 amide bonds. The second-order valence-corrected chi connectivity index (χ2v) is 15.0. The largest absolute Gasteiger partial charge is 0.393 e. The van der Waals surface area contributed by atoms with Crippen molar-refractivity contribution in [2.75, 3.05) is 0 Å². The first-order valence-electron chi connectivity index (χ1n) is 16.7. The van der Waals surface area contributed by atoms with Gasteiger partial charge in [-0.25, -0.2) is 0 Å². The van der Waals surface area contributed by atoms with Crippen LogP contribution in [0.1, 0.15) is 122 Å². The molecule has 0 bridgehead atoms. The summed E-state index contributed by atoms with van der Waals surface area (Å²) in [6, 6.07) is 0. The average molecular weight is 499 g/mol. The van der Waals surface area contributed by atoms with E-state index in [-0.39, 0.29) is 12.2 Å². The Hall–Kier alpha value is -0.120. The van der Waals surface area contributed by atoms with Gasteiger partial charge in [0.15, 0.2) is 0 Å². The molecule has 0 aromatic carbocycles. The zero-order valence-electron chi connectivity index (χ0n) is 22.8. The lowest BCUT2D eigenvalue weighted by atomic mass is 9.48. The van der Waals surface area contributed by atoms with Crippen molar-refractivity contribution >= 4 is 0 Å². The highest BCUT2D eigenvalue weighted by Crippen LogP contribution is 2.61. The van der Waals surface area contributed by atoms with Crippen LogP contribution in [0, 0.1) is 59.2 Å². The summed E-state index contributed by atoms with van der Waals surface area (Å²) in [5.74, 6) is 8.38. The Labute approximate surface area is 220 Å². The first-order chi connectivity index (χ1) is 17.7. The predicted molar refractivity (Wildman–Crippen MR) is 143 cm³/mol. The van der Waals surface area contributed by atoms with Gasteiger partial charge in [0.05, 0.1) is 24.4 Å². The molecule has 3 heteroatoms. The van der Waals surface area contributed by atoms with Gasteiger partial charge in [-0.2, -0.15) is 0 Å². The van der Waals surface area contributed by atoms with Gasteiger partial charge in [0.1, 0.15) is 0 Å². The number of hydrogen-bond donors (Lipinski definition) is 2. The molecular formula is C33H54O3. The summed E-state index contributed by atoms with van der Waals surface area (Å²) in [7, 11) is 0. The molecule has 7 rings (SSSR count). The summed E-state index contributed by atoms with van der Waals surface area (Å²) in [5, 5.41) is 21.0. The maximum atomic E-state index is 10.5. The molecule has 2 N–H and O–H groups in total. The van der Waals surface area contributed by atoms with E-state index in [1.54, 1.807) is 0 Å². The van der Waals surface area contributed by atoms with Gasteiger partial charge in [0.25, 0.3) is 0 Å². The number of fused-ring (bicyclic) bond motifs is 6. The van der Waals surface area contributed by atoms with Crippen LogP contribution in [-0.4, -0.2) is 34.6 Å². The Morgan fingerprint density at radius 2 is 0.861 bits per heavy atom. The van der Waals surface area contributed by atoms with E-state index in [1.165, 1.54) is 96.3 Å². The summed E-state index contributed by atoms with van der Waals surface area (Å²) < 4.78 is 7.16. The smallest absolute Gasteiger partial charge is 0.0612 e. The molecule has 1 aliphatic heterocycles. The fraction of sp³-hybridized carbons (Fsp3) is 1.00. The van der Waals surface area contributed by atoms with E-state index in [0.717, 1.165) is 84.9 Å². The standard InChI is InChI=1S/C33H54O3/c34-25-12-14-27-23(18-25)10-16-29-32(27)31(22-8-6-21(7-9-22)20-4-2-1-3-5-20)33-28-15-13-26(35)19-24(28)11-17-30(33)36-29/h20-35H,1-19H2. The lowest BCUT2D eigenvalue weighted by Gasteiger charge is -2.62. The molecule has 10 unspecified atom stereocenters. The fourth-order valence-corrected chi connectivity index (χ4v) is 12.0. The van der Waals surface area contributed by atoms with Gasteiger partial charge in [0.2, 0.25) is 0 Å². The van der Waals surface area contributed by atoms with Crippen LogP contribution in [0.15, 0.2) is 0 Å². The van der Waals surface area contributed by atoms with Crippen molar-refractivity contribution in [1.82, 2.24) is 0 Å². The van der Waals surface area contributed by atoms with Crippen LogP contribution in [0.2, 0.25) is 0 Å². The minimum atomic E-state index is -0.0525. The number of aliphatic hydroxyl groups excluding tert-OH is 2. The van der Waals surface area contributed by atoms with Gasteiger partial charge in [-0.05, 0) is 149 Å². The van der Waals surface area contributed by atoms with Gasteiger partial charge in [0, 0.05) is 0 Å². The minimum Gasteiger partial charge on any atom is -0.393 e. The number of aliphatic hydroxyl groups is 2. The zero-order valence-corrected chi connectivity index (χ0v) is 22.8. The van der Waals surface area contributed by atoms with Crippen molar-refractivity contribution in [2.24, 2.45) is 59.2 Å². The highest BCUT2D eigenvalue weighted by atomic mass is 16.5. The maximum Gasteiger partial charge on any atom is 0.0612 e. The van der Waals surface area contributed by atoms with Crippen LogP contribution < -0.4 is 0 Å². The summed E-state index contributed by atoms with van der Waals surface area (Å²) in [6.07, 6.45) is 26.1. The van der Waals surface area contributed by atoms with Crippen LogP contribution >= 0.6 is 0 Å². The second kappa shape index (κ2) is 10.5. The molecule has 0 radical (unpaired) electrons. The first kappa shape index (κ1) is 24.9. The van der Waals surface area contributed by atoms with E-state index in [0.29, 0.717) is 12.2 Å². The van der Waals surface area contributed by atoms with Gasteiger partial charge < -0.3 is 14.9 Å². The van der Waals surface area contributed by atoms with Crippen LogP contribution in [0.4, 0.5) is 0 Å². The van der Waals surface area contributed by atoms with E-state index in [9.17, 15) is 10.2 Å². The van der Waals surface area contributed by atoms with E-state index in [1.807, 2.05) is 0 Å².